The van der Waals surface area contributed by atoms with Crippen molar-refractivity contribution < 1.29 is 23.5 Å². The van der Waals surface area contributed by atoms with Crippen LogP contribution in [0.15, 0.2) is 65.6 Å². The highest BCUT2D eigenvalue weighted by Crippen LogP contribution is 2.46. The Kier molecular flexibility index (Phi) is 6.79. The van der Waals surface area contributed by atoms with Gasteiger partial charge in [-0.05, 0) is 53.8 Å². The fourth-order valence-corrected chi connectivity index (χ4v) is 4.73. The minimum atomic E-state index is -0.822. The highest BCUT2D eigenvalue weighted by atomic mass is 32.2. The molecule has 4 rings (SSSR count). The zero-order valence-corrected chi connectivity index (χ0v) is 20.1. The summed E-state index contributed by atoms with van der Waals surface area (Å²) in [6, 6.07) is 16.4. The molecule has 1 heterocycles. The van der Waals surface area contributed by atoms with E-state index in [0.717, 1.165) is 10.5 Å². The van der Waals surface area contributed by atoms with Crippen molar-refractivity contribution in [1.82, 2.24) is 4.90 Å². The van der Waals surface area contributed by atoms with Gasteiger partial charge in [-0.25, -0.2) is 4.39 Å². The van der Waals surface area contributed by atoms with E-state index in [1.165, 1.54) is 26.4 Å². The number of fused-ring (bicyclic) bond motifs is 1. The quantitative estimate of drug-likeness (QED) is 0.497. The number of rotatable bonds is 6. The van der Waals surface area contributed by atoms with Gasteiger partial charge < -0.3 is 19.7 Å². The standard InChI is InChI=1S/C26H25FN2O4S/c1-29-24(15-9-11-16(34-4)12-10-15)23(25(30)28-20-8-6-5-7-19(20)27)17-13-21(32-2)22(33-3)14-18(17)26(29)31/h5-14,23-24H,1-4H3,(H,28,30). The number of halogens is 1. The highest BCUT2D eigenvalue weighted by molar-refractivity contribution is 7.98. The predicted molar refractivity (Wildman–Crippen MR) is 130 cm³/mol. The number of thioether (sulfide) groups is 1. The fraction of sp³-hybridized carbons (Fsp3) is 0.231. The normalized spacial score (nSPS) is 17.2. The van der Waals surface area contributed by atoms with E-state index in [2.05, 4.69) is 5.32 Å². The van der Waals surface area contributed by atoms with Gasteiger partial charge in [0.2, 0.25) is 5.91 Å². The molecule has 0 saturated carbocycles. The van der Waals surface area contributed by atoms with Gasteiger partial charge in [0.05, 0.1) is 31.9 Å². The molecule has 176 valence electrons. The van der Waals surface area contributed by atoms with Gasteiger partial charge in [-0.15, -0.1) is 11.8 Å². The Hall–Kier alpha value is -3.52. The van der Waals surface area contributed by atoms with Gasteiger partial charge >= 0.3 is 0 Å². The Labute approximate surface area is 202 Å². The van der Waals surface area contributed by atoms with E-state index in [1.54, 1.807) is 48.0 Å². The van der Waals surface area contributed by atoms with E-state index in [0.29, 0.717) is 22.6 Å². The van der Waals surface area contributed by atoms with Crippen LogP contribution in [0.4, 0.5) is 10.1 Å². The van der Waals surface area contributed by atoms with Gasteiger partial charge in [0.1, 0.15) is 5.82 Å². The Balaban J connectivity index is 1.88. The first-order valence-electron chi connectivity index (χ1n) is 10.6. The molecule has 0 fully saturated rings. The van der Waals surface area contributed by atoms with E-state index < -0.39 is 23.7 Å². The molecule has 1 aliphatic heterocycles. The van der Waals surface area contributed by atoms with Gasteiger partial charge in [0.25, 0.3) is 5.91 Å². The smallest absolute Gasteiger partial charge is 0.254 e. The molecule has 2 unspecified atom stereocenters. The SMILES string of the molecule is COc1cc2c(cc1OC)C(C(=O)Nc1ccccc1F)C(c1ccc(SC)cc1)N(C)C2=O. The summed E-state index contributed by atoms with van der Waals surface area (Å²) in [6.45, 7) is 0. The minimum Gasteiger partial charge on any atom is -0.493 e. The molecule has 1 N–H and O–H groups in total. The Morgan fingerprint density at radius 2 is 1.68 bits per heavy atom. The topological polar surface area (TPSA) is 67.9 Å². The number of anilines is 1. The molecular formula is C26H25FN2O4S. The van der Waals surface area contributed by atoms with Gasteiger partial charge in [0, 0.05) is 17.5 Å². The average molecular weight is 481 g/mol. The largest absolute Gasteiger partial charge is 0.493 e. The number of hydrogen-bond acceptors (Lipinski definition) is 5. The lowest BCUT2D eigenvalue weighted by Crippen LogP contribution is -2.44. The molecule has 0 aliphatic carbocycles. The second kappa shape index (κ2) is 9.77. The van der Waals surface area contributed by atoms with Crippen molar-refractivity contribution in [2.45, 2.75) is 16.9 Å². The summed E-state index contributed by atoms with van der Waals surface area (Å²) < 4.78 is 25.2. The number of nitrogens with zero attached hydrogens (tertiary/aromatic N) is 1. The van der Waals surface area contributed by atoms with Crippen molar-refractivity contribution in [3.63, 3.8) is 0 Å². The summed E-state index contributed by atoms with van der Waals surface area (Å²) in [5.74, 6) is -1.25. The zero-order valence-electron chi connectivity index (χ0n) is 19.3. The van der Waals surface area contributed by atoms with Crippen LogP contribution in [0.25, 0.3) is 0 Å². The maximum atomic E-state index is 14.4. The predicted octanol–water partition coefficient (Wildman–Crippen LogP) is 5.11. The van der Waals surface area contributed by atoms with E-state index in [-0.39, 0.29) is 11.6 Å². The van der Waals surface area contributed by atoms with Gasteiger partial charge in [0.15, 0.2) is 11.5 Å². The second-order valence-corrected chi connectivity index (χ2v) is 8.75. The number of nitrogens with one attached hydrogen (secondary N) is 1. The van der Waals surface area contributed by atoms with Crippen molar-refractivity contribution in [2.75, 3.05) is 32.8 Å². The summed E-state index contributed by atoms with van der Waals surface area (Å²) in [4.78, 5) is 29.7. The fourth-order valence-electron chi connectivity index (χ4n) is 4.32. The van der Waals surface area contributed by atoms with E-state index in [1.807, 2.05) is 30.5 Å². The van der Waals surface area contributed by atoms with Crippen molar-refractivity contribution in [1.29, 1.82) is 0 Å². The second-order valence-electron chi connectivity index (χ2n) is 7.88. The molecule has 0 bridgehead atoms. The maximum absolute atomic E-state index is 14.4. The zero-order chi connectivity index (χ0) is 24.4. The third-order valence-electron chi connectivity index (χ3n) is 6.05. The van der Waals surface area contributed by atoms with Crippen LogP contribution in [0.3, 0.4) is 0 Å². The van der Waals surface area contributed by atoms with Crippen molar-refractivity contribution >= 4 is 29.3 Å². The summed E-state index contributed by atoms with van der Waals surface area (Å²) in [5.41, 5.74) is 1.70. The number of likely N-dealkylation sites (N-methyl/N-ethyl adjacent to an activating group) is 1. The van der Waals surface area contributed by atoms with Gasteiger partial charge in [-0.2, -0.15) is 0 Å². The lowest BCUT2D eigenvalue weighted by molar-refractivity contribution is -0.119. The van der Waals surface area contributed by atoms with Crippen molar-refractivity contribution in [2.24, 2.45) is 0 Å². The molecule has 8 heteroatoms. The van der Waals surface area contributed by atoms with Crippen LogP contribution in [0.2, 0.25) is 0 Å². The number of benzene rings is 3. The number of carbonyl (C=O) groups excluding carboxylic acids is 2. The monoisotopic (exact) mass is 480 g/mol. The van der Waals surface area contributed by atoms with Gasteiger partial charge in [-0.3, -0.25) is 9.59 Å². The number of amides is 2. The number of para-hydroxylation sites is 1. The number of methoxy groups -OCH3 is 2. The van der Waals surface area contributed by atoms with Crippen molar-refractivity contribution in [3.05, 3.63) is 83.2 Å². The maximum Gasteiger partial charge on any atom is 0.254 e. The first-order chi connectivity index (χ1) is 16.4. The molecule has 34 heavy (non-hydrogen) atoms. The summed E-state index contributed by atoms with van der Waals surface area (Å²) in [5, 5.41) is 2.72. The molecule has 0 radical (unpaired) electrons. The molecule has 0 aromatic heterocycles. The molecule has 0 saturated heterocycles. The van der Waals surface area contributed by atoms with Crippen LogP contribution >= 0.6 is 11.8 Å². The number of hydrogen-bond donors (Lipinski definition) is 1. The third kappa shape index (κ3) is 4.21. The molecule has 3 aromatic rings. The lowest BCUT2D eigenvalue weighted by Gasteiger charge is -2.40. The van der Waals surface area contributed by atoms with Crippen LogP contribution in [-0.2, 0) is 4.79 Å². The Morgan fingerprint density at radius 1 is 1.03 bits per heavy atom. The molecule has 2 atom stereocenters. The third-order valence-corrected chi connectivity index (χ3v) is 6.79. The molecule has 3 aromatic carbocycles. The first kappa shape index (κ1) is 23.6. The molecule has 0 spiro atoms. The lowest BCUT2D eigenvalue weighted by atomic mass is 9.79. The van der Waals surface area contributed by atoms with E-state index in [4.69, 9.17) is 9.47 Å². The Morgan fingerprint density at radius 3 is 2.29 bits per heavy atom. The summed E-state index contributed by atoms with van der Waals surface area (Å²) in [6.07, 6.45) is 1.98. The van der Waals surface area contributed by atoms with Crippen LogP contribution in [0, 0.1) is 5.82 Å². The van der Waals surface area contributed by atoms with Crippen LogP contribution in [0.5, 0.6) is 11.5 Å². The van der Waals surface area contributed by atoms with Gasteiger partial charge in [-0.1, -0.05) is 24.3 Å². The molecular weight excluding hydrogens is 455 g/mol. The molecule has 2 amide bonds. The van der Waals surface area contributed by atoms with Crippen LogP contribution < -0.4 is 14.8 Å². The van der Waals surface area contributed by atoms with Crippen LogP contribution in [0.1, 0.15) is 33.4 Å². The Bertz CT molecular complexity index is 1230. The van der Waals surface area contributed by atoms with E-state index >= 15 is 0 Å². The summed E-state index contributed by atoms with van der Waals surface area (Å²) >= 11 is 1.60. The highest BCUT2D eigenvalue weighted by Gasteiger charge is 2.43. The number of ether oxygens (including phenoxy) is 2. The van der Waals surface area contributed by atoms with E-state index in [9.17, 15) is 14.0 Å². The molecule has 1 aliphatic rings. The number of carbonyl (C=O) groups is 2. The molecule has 6 nitrogen and oxygen atoms in total. The van der Waals surface area contributed by atoms with Crippen molar-refractivity contribution in [3.8, 4) is 11.5 Å². The average Bonchev–Trinajstić information content (AvgIpc) is 2.86. The minimum absolute atomic E-state index is 0.0746. The van der Waals surface area contributed by atoms with Crippen LogP contribution in [-0.4, -0.2) is 44.2 Å². The summed E-state index contributed by atoms with van der Waals surface area (Å²) in [7, 11) is 4.65. The first-order valence-corrected chi connectivity index (χ1v) is 11.8.